The largest absolute Gasteiger partial charge is 0.493 e. The SMILES string of the molecule is COc1ccc(-c2noc(CN(C)Cc3ccccc3C)n2)cc1OC. The van der Waals surface area contributed by atoms with Gasteiger partial charge >= 0.3 is 0 Å². The number of benzene rings is 2. The molecule has 3 rings (SSSR count). The molecule has 1 aromatic heterocycles. The Morgan fingerprint density at radius 2 is 1.77 bits per heavy atom. The molecule has 0 aliphatic rings. The number of hydrogen-bond donors (Lipinski definition) is 0. The fourth-order valence-corrected chi connectivity index (χ4v) is 2.78. The van der Waals surface area contributed by atoms with Crippen LogP contribution in [-0.2, 0) is 13.1 Å². The zero-order chi connectivity index (χ0) is 18.5. The Morgan fingerprint density at radius 3 is 2.50 bits per heavy atom. The molecule has 6 nitrogen and oxygen atoms in total. The number of hydrogen-bond acceptors (Lipinski definition) is 6. The Kier molecular flexibility index (Phi) is 5.53. The highest BCUT2D eigenvalue weighted by molar-refractivity contribution is 5.60. The fraction of sp³-hybridized carbons (Fsp3) is 0.300. The van der Waals surface area contributed by atoms with E-state index < -0.39 is 0 Å². The van der Waals surface area contributed by atoms with Gasteiger partial charge in [-0.05, 0) is 43.3 Å². The van der Waals surface area contributed by atoms with Gasteiger partial charge in [0.15, 0.2) is 11.5 Å². The first-order chi connectivity index (χ1) is 12.6. The van der Waals surface area contributed by atoms with Crippen molar-refractivity contribution < 1.29 is 14.0 Å². The summed E-state index contributed by atoms with van der Waals surface area (Å²) in [5, 5.41) is 4.09. The molecule has 136 valence electrons. The average molecular weight is 353 g/mol. The third-order valence-electron chi connectivity index (χ3n) is 4.22. The van der Waals surface area contributed by atoms with Crippen molar-refractivity contribution in [1.82, 2.24) is 15.0 Å². The summed E-state index contributed by atoms with van der Waals surface area (Å²) in [6.45, 7) is 3.51. The quantitative estimate of drug-likeness (QED) is 0.645. The van der Waals surface area contributed by atoms with Crippen LogP contribution in [0.5, 0.6) is 11.5 Å². The molecule has 0 fully saturated rings. The van der Waals surface area contributed by atoms with Crippen molar-refractivity contribution in [2.45, 2.75) is 20.0 Å². The number of rotatable bonds is 7. The van der Waals surface area contributed by atoms with Gasteiger partial charge in [-0.1, -0.05) is 29.4 Å². The van der Waals surface area contributed by atoms with Gasteiger partial charge in [0, 0.05) is 12.1 Å². The molecule has 3 aromatic rings. The maximum absolute atomic E-state index is 5.41. The van der Waals surface area contributed by atoms with Crippen molar-refractivity contribution >= 4 is 0 Å². The average Bonchev–Trinajstić information content (AvgIpc) is 3.11. The number of aryl methyl sites for hydroxylation is 1. The van der Waals surface area contributed by atoms with E-state index in [4.69, 9.17) is 14.0 Å². The monoisotopic (exact) mass is 353 g/mol. The third-order valence-corrected chi connectivity index (χ3v) is 4.22. The second-order valence-corrected chi connectivity index (χ2v) is 6.18. The van der Waals surface area contributed by atoms with Gasteiger partial charge in [-0.25, -0.2) is 0 Å². The standard InChI is InChI=1S/C20H23N3O3/c1-14-7-5-6-8-16(14)12-23(2)13-19-21-20(22-26-19)15-9-10-17(24-3)18(11-15)25-4/h5-11H,12-13H2,1-4H3. The zero-order valence-corrected chi connectivity index (χ0v) is 15.5. The van der Waals surface area contributed by atoms with Gasteiger partial charge in [0.2, 0.25) is 11.7 Å². The minimum Gasteiger partial charge on any atom is -0.493 e. The highest BCUT2D eigenvalue weighted by Gasteiger charge is 2.14. The van der Waals surface area contributed by atoms with Crippen molar-refractivity contribution in [1.29, 1.82) is 0 Å². The molecule has 0 saturated heterocycles. The van der Waals surface area contributed by atoms with Crippen molar-refractivity contribution in [3.63, 3.8) is 0 Å². The summed E-state index contributed by atoms with van der Waals surface area (Å²) in [7, 11) is 5.24. The maximum Gasteiger partial charge on any atom is 0.241 e. The van der Waals surface area contributed by atoms with Gasteiger partial charge in [-0.15, -0.1) is 0 Å². The van der Waals surface area contributed by atoms with Crippen LogP contribution in [0.3, 0.4) is 0 Å². The zero-order valence-electron chi connectivity index (χ0n) is 15.5. The Hall–Kier alpha value is -2.86. The highest BCUT2D eigenvalue weighted by Crippen LogP contribution is 2.31. The minimum atomic E-state index is 0.533. The molecular weight excluding hydrogens is 330 g/mol. The van der Waals surface area contributed by atoms with Crippen LogP contribution in [0.15, 0.2) is 47.0 Å². The first kappa shape index (κ1) is 17.9. The number of methoxy groups -OCH3 is 2. The molecule has 0 radical (unpaired) electrons. The van der Waals surface area contributed by atoms with E-state index in [1.807, 2.05) is 31.3 Å². The van der Waals surface area contributed by atoms with Gasteiger partial charge in [-0.3, -0.25) is 4.90 Å². The third kappa shape index (κ3) is 4.03. The van der Waals surface area contributed by atoms with Crippen LogP contribution in [-0.4, -0.2) is 36.3 Å². The molecule has 0 aliphatic heterocycles. The lowest BCUT2D eigenvalue weighted by molar-refractivity contribution is 0.260. The molecule has 0 unspecified atom stereocenters. The second kappa shape index (κ2) is 8.01. The molecule has 0 bridgehead atoms. The summed E-state index contributed by atoms with van der Waals surface area (Å²) in [6, 6.07) is 13.9. The van der Waals surface area contributed by atoms with Crippen molar-refractivity contribution in [3.05, 3.63) is 59.5 Å². The first-order valence-electron chi connectivity index (χ1n) is 8.38. The Morgan fingerprint density at radius 1 is 1.00 bits per heavy atom. The number of aromatic nitrogens is 2. The van der Waals surface area contributed by atoms with Gasteiger partial charge in [0.1, 0.15) is 0 Å². The van der Waals surface area contributed by atoms with Crippen LogP contribution in [0.2, 0.25) is 0 Å². The van der Waals surface area contributed by atoms with Gasteiger partial charge in [0.05, 0.1) is 20.8 Å². The van der Waals surface area contributed by atoms with E-state index in [1.165, 1.54) is 11.1 Å². The minimum absolute atomic E-state index is 0.533. The van der Waals surface area contributed by atoms with Gasteiger partial charge in [0.25, 0.3) is 0 Å². The smallest absolute Gasteiger partial charge is 0.241 e. The molecule has 2 aromatic carbocycles. The van der Waals surface area contributed by atoms with E-state index in [-0.39, 0.29) is 0 Å². The molecule has 0 atom stereocenters. The summed E-state index contributed by atoms with van der Waals surface area (Å²) in [6.07, 6.45) is 0. The Bertz CT molecular complexity index is 876. The molecule has 26 heavy (non-hydrogen) atoms. The van der Waals surface area contributed by atoms with E-state index in [0.29, 0.717) is 29.8 Å². The van der Waals surface area contributed by atoms with Crippen molar-refractivity contribution in [2.75, 3.05) is 21.3 Å². The molecule has 0 aliphatic carbocycles. The van der Waals surface area contributed by atoms with Gasteiger partial charge < -0.3 is 14.0 Å². The molecule has 0 N–H and O–H groups in total. The van der Waals surface area contributed by atoms with Crippen molar-refractivity contribution in [3.8, 4) is 22.9 Å². The lowest BCUT2D eigenvalue weighted by Crippen LogP contribution is -2.18. The number of nitrogens with zero attached hydrogens (tertiary/aromatic N) is 3. The van der Waals surface area contributed by atoms with E-state index in [1.54, 1.807) is 14.2 Å². The van der Waals surface area contributed by atoms with E-state index in [9.17, 15) is 0 Å². The molecular formula is C20H23N3O3. The Labute approximate surface area is 153 Å². The number of ether oxygens (including phenoxy) is 2. The van der Waals surface area contributed by atoms with Crippen LogP contribution in [0.4, 0.5) is 0 Å². The molecule has 1 heterocycles. The topological polar surface area (TPSA) is 60.6 Å². The lowest BCUT2D eigenvalue weighted by atomic mass is 10.1. The normalized spacial score (nSPS) is 11.0. The predicted molar refractivity (Wildman–Crippen MR) is 99.2 cm³/mol. The van der Waals surface area contributed by atoms with Crippen LogP contribution in [0, 0.1) is 6.92 Å². The second-order valence-electron chi connectivity index (χ2n) is 6.18. The van der Waals surface area contributed by atoms with E-state index >= 15 is 0 Å². The van der Waals surface area contributed by atoms with Gasteiger partial charge in [-0.2, -0.15) is 4.98 Å². The summed E-state index contributed by atoms with van der Waals surface area (Å²) >= 11 is 0. The maximum atomic E-state index is 5.41. The van der Waals surface area contributed by atoms with E-state index in [2.05, 4.69) is 40.2 Å². The van der Waals surface area contributed by atoms with Crippen LogP contribution in [0.25, 0.3) is 11.4 Å². The summed E-state index contributed by atoms with van der Waals surface area (Å²) < 4.78 is 16.0. The van der Waals surface area contributed by atoms with Crippen LogP contribution >= 0.6 is 0 Å². The van der Waals surface area contributed by atoms with Crippen molar-refractivity contribution in [2.24, 2.45) is 0 Å². The molecule has 0 amide bonds. The van der Waals surface area contributed by atoms with Crippen LogP contribution < -0.4 is 9.47 Å². The first-order valence-corrected chi connectivity index (χ1v) is 8.38. The fourth-order valence-electron chi connectivity index (χ4n) is 2.78. The molecule has 0 spiro atoms. The summed E-state index contributed by atoms with van der Waals surface area (Å²) in [5.41, 5.74) is 3.38. The molecule has 6 heteroatoms. The molecule has 0 saturated carbocycles. The lowest BCUT2D eigenvalue weighted by Gasteiger charge is -2.15. The summed E-state index contributed by atoms with van der Waals surface area (Å²) in [4.78, 5) is 6.65. The van der Waals surface area contributed by atoms with E-state index in [0.717, 1.165) is 12.1 Å². The Balaban J connectivity index is 1.71. The summed E-state index contributed by atoms with van der Waals surface area (Å²) in [5.74, 6) is 2.40. The highest BCUT2D eigenvalue weighted by atomic mass is 16.5. The predicted octanol–water partition coefficient (Wildman–Crippen LogP) is 3.69. The van der Waals surface area contributed by atoms with Crippen LogP contribution in [0.1, 0.15) is 17.0 Å².